The van der Waals surface area contributed by atoms with Gasteiger partial charge in [0.05, 0.1) is 19.7 Å². The lowest BCUT2D eigenvalue weighted by molar-refractivity contribution is 0.242. The van der Waals surface area contributed by atoms with E-state index in [1.165, 1.54) is 12.8 Å². The van der Waals surface area contributed by atoms with Crippen LogP contribution in [0.2, 0.25) is 0 Å². The minimum absolute atomic E-state index is 0.219. The third kappa shape index (κ3) is 3.88. The molecule has 0 unspecified atom stereocenters. The van der Waals surface area contributed by atoms with Gasteiger partial charge < -0.3 is 9.47 Å². The summed E-state index contributed by atoms with van der Waals surface area (Å²) in [6, 6.07) is 13.3. The maximum atomic E-state index is 14.1. The van der Waals surface area contributed by atoms with Crippen molar-refractivity contribution in [3.63, 3.8) is 0 Å². The molecule has 0 radical (unpaired) electrons. The summed E-state index contributed by atoms with van der Waals surface area (Å²) >= 11 is 0. The maximum Gasteiger partial charge on any atom is 0.127 e. The van der Waals surface area contributed by atoms with Crippen molar-refractivity contribution in [2.24, 2.45) is 0 Å². The summed E-state index contributed by atoms with van der Waals surface area (Å²) in [5.74, 6) is 1.36. The molecule has 5 heteroatoms. The Morgan fingerprint density at radius 3 is 2.59 bits per heavy atom. The predicted molar refractivity (Wildman–Crippen MR) is 104 cm³/mol. The second-order valence-corrected chi connectivity index (χ2v) is 6.95. The van der Waals surface area contributed by atoms with E-state index >= 15 is 0 Å². The van der Waals surface area contributed by atoms with E-state index in [0.29, 0.717) is 12.6 Å². The smallest absolute Gasteiger partial charge is 0.127 e. The Hall–Kier alpha value is -2.66. The normalized spacial score (nSPS) is 13.9. The molecule has 0 aliphatic heterocycles. The fourth-order valence-electron chi connectivity index (χ4n) is 3.52. The number of ether oxygens (including phenoxy) is 2. The molecule has 140 valence electrons. The van der Waals surface area contributed by atoms with Gasteiger partial charge in [0.15, 0.2) is 0 Å². The number of methoxy groups -OCH3 is 2. The van der Waals surface area contributed by atoms with Crippen molar-refractivity contribution in [2.75, 3.05) is 14.2 Å². The van der Waals surface area contributed by atoms with Crippen molar-refractivity contribution in [2.45, 2.75) is 32.0 Å². The molecule has 1 aromatic heterocycles. The molecule has 0 amide bonds. The topological polar surface area (TPSA) is 34.6 Å². The Morgan fingerprint density at radius 1 is 1.04 bits per heavy atom. The third-order valence-electron chi connectivity index (χ3n) is 5.05. The number of nitrogens with zero attached hydrogens (tertiary/aromatic N) is 2. The summed E-state index contributed by atoms with van der Waals surface area (Å²) in [5.41, 5.74) is 2.88. The monoisotopic (exact) mass is 366 g/mol. The van der Waals surface area contributed by atoms with Crippen LogP contribution in [0.15, 0.2) is 48.7 Å². The molecule has 2 aromatic carbocycles. The number of hydrogen-bond donors (Lipinski definition) is 0. The molecule has 0 saturated heterocycles. The maximum absolute atomic E-state index is 14.1. The molecule has 0 atom stereocenters. The summed E-state index contributed by atoms with van der Waals surface area (Å²) in [4.78, 5) is 6.87. The Kier molecular flexibility index (Phi) is 4.94. The molecule has 4 nitrogen and oxygen atoms in total. The SMILES string of the molecule is COc1ccc(CN(Cc2cc(F)cc3cccnc23)C2CC2)c(OC)c1. The predicted octanol–water partition coefficient (Wildman–Crippen LogP) is 4.56. The molecule has 0 bridgehead atoms. The summed E-state index contributed by atoms with van der Waals surface area (Å²) in [6.45, 7) is 1.40. The first-order chi connectivity index (χ1) is 13.2. The van der Waals surface area contributed by atoms with Gasteiger partial charge in [0.25, 0.3) is 0 Å². The van der Waals surface area contributed by atoms with Gasteiger partial charge in [0.2, 0.25) is 0 Å². The van der Waals surface area contributed by atoms with Crippen LogP contribution in [0.1, 0.15) is 24.0 Å². The molecule has 0 spiro atoms. The van der Waals surface area contributed by atoms with Crippen molar-refractivity contribution in [1.29, 1.82) is 0 Å². The van der Waals surface area contributed by atoms with Crippen LogP contribution in [-0.4, -0.2) is 30.1 Å². The van der Waals surface area contributed by atoms with Crippen LogP contribution >= 0.6 is 0 Å². The quantitative estimate of drug-likeness (QED) is 0.614. The third-order valence-corrected chi connectivity index (χ3v) is 5.05. The summed E-state index contributed by atoms with van der Waals surface area (Å²) in [6.07, 6.45) is 4.09. The summed E-state index contributed by atoms with van der Waals surface area (Å²) < 4.78 is 25.0. The van der Waals surface area contributed by atoms with Crippen LogP contribution in [-0.2, 0) is 13.1 Å². The fourth-order valence-corrected chi connectivity index (χ4v) is 3.52. The highest BCUT2D eigenvalue weighted by atomic mass is 19.1. The number of pyridine rings is 1. The first kappa shape index (κ1) is 17.7. The highest BCUT2D eigenvalue weighted by Crippen LogP contribution is 2.34. The molecule has 1 aliphatic carbocycles. The van der Waals surface area contributed by atoms with Gasteiger partial charge in [0, 0.05) is 42.3 Å². The van der Waals surface area contributed by atoms with Gasteiger partial charge in [0.1, 0.15) is 17.3 Å². The van der Waals surface area contributed by atoms with Crippen molar-refractivity contribution in [1.82, 2.24) is 9.88 Å². The van der Waals surface area contributed by atoms with E-state index in [-0.39, 0.29) is 5.82 Å². The number of benzene rings is 2. The van der Waals surface area contributed by atoms with E-state index in [1.54, 1.807) is 32.5 Å². The van der Waals surface area contributed by atoms with Gasteiger partial charge in [-0.3, -0.25) is 9.88 Å². The Labute approximate surface area is 158 Å². The highest BCUT2D eigenvalue weighted by molar-refractivity contribution is 5.81. The van der Waals surface area contributed by atoms with Crippen LogP contribution in [0.4, 0.5) is 4.39 Å². The first-order valence-electron chi connectivity index (χ1n) is 9.16. The van der Waals surface area contributed by atoms with Crippen LogP contribution in [0.5, 0.6) is 11.5 Å². The zero-order valence-electron chi connectivity index (χ0n) is 15.6. The first-order valence-corrected chi connectivity index (χ1v) is 9.16. The van der Waals surface area contributed by atoms with Crippen molar-refractivity contribution in [3.8, 4) is 11.5 Å². The average Bonchev–Trinajstić information content (AvgIpc) is 3.52. The van der Waals surface area contributed by atoms with Gasteiger partial charge >= 0.3 is 0 Å². The van der Waals surface area contributed by atoms with Gasteiger partial charge in [-0.15, -0.1) is 0 Å². The molecule has 27 heavy (non-hydrogen) atoms. The lowest BCUT2D eigenvalue weighted by Crippen LogP contribution is -2.25. The molecule has 1 heterocycles. The zero-order chi connectivity index (χ0) is 18.8. The second kappa shape index (κ2) is 7.53. The van der Waals surface area contributed by atoms with Gasteiger partial charge in [-0.1, -0.05) is 12.1 Å². The van der Waals surface area contributed by atoms with Crippen LogP contribution in [0.3, 0.4) is 0 Å². The van der Waals surface area contributed by atoms with Gasteiger partial charge in [-0.2, -0.15) is 0 Å². The number of rotatable bonds is 7. The van der Waals surface area contributed by atoms with Crippen molar-refractivity contribution < 1.29 is 13.9 Å². The number of halogens is 1. The Balaban J connectivity index is 1.64. The highest BCUT2D eigenvalue weighted by Gasteiger charge is 2.30. The van der Waals surface area contributed by atoms with E-state index in [1.807, 2.05) is 30.3 Å². The second-order valence-electron chi connectivity index (χ2n) is 6.95. The largest absolute Gasteiger partial charge is 0.497 e. The molecule has 4 rings (SSSR count). The molecular weight excluding hydrogens is 343 g/mol. The van der Waals surface area contributed by atoms with Crippen molar-refractivity contribution in [3.05, 3.63) is 65.6 Å². The summed E-state index contributed by atoms with van der Waals surface area (Å²) in [7, 11) is 3.32. The van der Waals surface area contributed by atoms with E-state index < -0.39 is 0 Å². The molecular formula is C22H23FN2O2. The standard InChI is InChI=1S/C22H23FN2O2/c1-26-20-8-5-16(21(12-20)27-2)13-25(19-6-7-19)14-17-11-18(23)10-15-4-3-9-24-22(15)17/h3-5,8-12,19H,6-7,13-14H2,1-2H3. The minimum atomic E-state index is -0.219. The average molecular weight is 366 g/mol. The molecule has 3 aromatic rings. The van der Waals surface area contributed by atoms with E-state index in [0.717, 1.165) is 40.1 Å². The van der Waals surface area contributed by atoms with Gasteiger partial charge in [-0.05, 0) is 42.7 Å². The number of fused-ring (bicyclic) bond motifs is 1. The number of aromatic nitrogens is 1. The van der Waals surface area contributed by atoms with Gasteiger partial charge in [-0.25, -0.2) is 4.39 Å². The van der Waals surface area contributed by atoms with E-state index in [2.05, 4.69) is 9.88 Å². The molecule has 1 saturated carbocycles. The van der Waals surface area contributed by atoms with Crippen LogP contribution in [0.25, 0.3) is 10.9 Å². The molecule has 1 fully saturated rings. The molecule has 1 aliphatic rings. The van der Waals surface area contributed by atoms with Crippen LogP contribution in [0, 0.1) is 5.82 Å². The van der Waals surface area contributed by atoms with Crippen LogP contribution < -0.4 is 9.47 Å². The Morgan fingerprint density at radius 2 is 1.85 bits per heavy atom. The number of hydrogen-bond acceptors (Lipinski definition) is 4. The summed E-state index contributed by atoms with van der Waals surface area (Å²) in [5, 5.41) is 0.838. The zero-order valence-corrected chi connectivity index (χ0v) is 15.6. The lowest BCUT2D eigenvalue weighted by Gasteiger charge is -2.24. The minimum Gasteiger partial charge on any atom is -0.497 e. The fraction of sp³-hybridized carbons (Fsp3) is 0.318. The van der Waals surface area contributed by atoms with E-state index in [4.69, 9.17) is 9.47 Å². The van der Waals surface area contributed by atoms with E-state index in [9.17, 15) is 4.39 Å². The lowest BCUT2D eigenvalue weighted by atomic mass is 10.1. The van der Waals surface area contributed by atoms with Crippen molar-refractivity contribution >= 4 is 10.9 Å². The molecule has 0 N–H and O–H groups in total. The Bertz CT molecular complexity index is 956.